The maximum absolute atomic E-state index is 13.5. The average Bonchev–Trinajstić information content (AvgIpc) is 2.31. The minimum Gasteiger partial charge on any atom is -0.244 e. The molecule has 0 amide bonds. The van der Waals surface area contributed by atoms with E-state index in [1.165, 1.54) is 6.07 Å². The van der Waals surface area contributed by atoms with E-state index in [9.17, 15) is 4.39 Å². The maximum atomic E-state index is 13.5. The van der Waals surface area contributed by atoms with Crippen LogP contribution >= 0.6 is 27.5 Å². The summed E-state index contributed by atoms with van der Waals surface area (Å²) in [6.45, 7) is 0. The van der Waals surface area contributed by atoms with Gasteiger partial charge in [-0.2, -0.15) is 0 Å². The maximum Gasteiger partial charge on any atom is 0.133 e. The van der Waals surface area contributed by atoms with Crippen LogP contribution in [0, 0.1) is 5.82 Å². The molecule has 0 aliphatic heterocycles. The predicted molar refractivity (Wildman–Crippen MR) is 67.3 cm³/mol. The third-order valence-corrected chi connectivity index (χ3v) is 3.18. The first kappa shape index (κ1) is 11.6. The van der Waals surface area contributed by atoms with Crippen molar-refractivity contribution in [2.45, 2.75) is 5.33 Å². The summed E-state index contributed by atoms with van der Waals surface area (Å²) < 4.78 is 13.5. The highest BCUT2D eigenvalue weighted by molar-refractivity contribution is 9.08. The number of hydrogen-bond donors (Lipinski definition) is 0. The van der Waals surface area contributed by atoms with Gasteiger partial charge in [0.15, 0.2) is 0 Å². The zero-order valence-electron chi connectivity index (χ0n) is 8.25. The molecule has 0 saturated heterocycles. The molecule has 0 radical (unpaired) electrons. The van der Waals surface area contributed by atoms with E-state index >= 15 is 0 Å². The van der Waals surface area contributed by atoms with Gasteiger partial charge < -0.3 is 0 Å². The van der Waals surface area contributed by atoms with Gasteiger partial charge in [0.05, 0.1) is 0 Å². The molecule has 0 fully saturated rings. The van der Waals surface area contributed by atoms with E-state index < -0.39 is 0 Å². The van der Waals surface area contributed by atoms with Crippen molar-refractivity contribution in [2.75, 3.05) is 0 Å². The van der Waals surface area contributed by atoms with Gasteiger partial charge in [0.25, 0.3) is 0 Å². The molecule has 1 aromatic carbocycles. The number of nitrogens with zero attached hydrogens (tertiary/aromatic N) is 1. The van der Waals surface area contributed by atoms with E-state index in [1.807, 2.05) is 6.07 Å². The van der Waals surface area contributed by atoms with Crippen molar-refractivity contribution in [2.24, 2.45) is 0 Å². The second-order valence-electron chi connectivity index (χ2n) is 3.29. The monoisotopic (exact) mass is 299 g/mol. The first-order valence-electron chi connectivity index (χ1n) is 4.67. The van der Waals surface area contributed by atoms with Crippen molar-refractivity contribution in [1.29, 1.82) is 0 Å². The van der Waals surface area contributed by atoms with Crippen molar-refractivity contribution in [3.8, 4) is 11.1 Å². The highest BCUT2D eigenvalue weighted by Crippen LogP contribution is 2.26. The molecule has 0 atom stereocenters. The number of hydrogen-bond acceptors (Lipinski definition) is 1. The minimum atomic E-state index is -0.257. The van der Waals surface area contributed by atoms with Gasteiger partial charge in [0.2, 0.25) is 0 Å². The largest absolute Gasteiger partial charge is 0.244 e. The van der Waals surface area contributed by atoms with Gasteiger partial charge >= 0.3 is 0 Å². The van der Waals surface area contributed by atoms with E-state index in [4.69, 9.17) is 11.6 Å². The number of rotatable bonds is 2. The van der Waals surface area contributed by atoms with Crippen molar-refractivity contribution in [1.82, 2.24) is 4.98 Å². The number of benzene rings is 1. The Morgan fingerprint density at radius 3 is 2.75 bits per heavy atom. The van der Waals surface area contributed by atoms with E-state index in [-0.39, 0.29) is 5.82 Å². The zero-order valence-corrected chi connectivity index (χ0v) is 10.6. The molecule has 0 unspecified atom stereocenters. The van der Waals surface area contributed by atoms with Crippen LogP contribution in [0.1, 0.15) is 5.56 Å². The van der Waals surface area contributed by atoms with Gasteiger partial charge in [-0.25, -0.2) is 9.37 Å². The van der Waals surface area contributed by atoms with Crippen LogP contribution in [0.3, 0.4) is 0 Å². The first-order valence-corrected chi connectivity index (χ1v) is 6.17. The standard InChI is InChI=1S/C12H8BrClFN/c13-6-8-5-9(7-16-12(8)14)10-3-1-2-4-11(10)15/h1-5,7H,6H2. The van der Waals surface area contributed by atoms with Gasteiger partial charge in [-0.15, -0.1) is 0 Å². The fraction of sp³-hybridized carbons (Fsp3) is 0.0833. The molecular formula is C12H8BrClFN. The number of halogens is 3. The first-order chi connectivity index (χ1) is 7.72. The summed E-state index contributed by atoms with van der Waals surface area (Å²) in [5.74, 6) is -0.257. The van der Waals surface area contributed by atoms with Crippen molar-refractivity contribution < 1.29 is 4.39 Å². The van der Waals surface area contributed by atoms with Gasteiger partial charge in [-0.05, 0) is 12.1 Å². The molecule has 1 aromatic heterocycles. The van der Waals surface area contributed by atoms with Crippen LogP contribution in [0.4, 0.5) is 4.39 Å². The summed E-state index contributed by atoms with van der Waals surface area (Å²) in [4.78, 5) is 4.04. The quantitative estimate of drug-likeness (QED) is 0.590. The minimum absolute atomic E-state index is 0.257. The topological polar surface area (TPSA) is 12.9 Å². The Balaban J connectivity index is 2.53. The molecule has 1 nitrogen and oxygen atoms in total. The van der Waals surface area contributed by atoms with Crippen LogP contribution in [0.15, 0.2) is 36.5 Å². The van der Waals surface area contributed by atoms with Crippen molar-refractivity contribution in [3.05, 3.63) is 53.1 Å². The van der Waals surface area contributed by atoms with Crippen LogP contribution < -0.4 is 0 Å². The lowest BCUT2D eigenvalue weighted by Crippen LogP contribution is -1.89. The van der Waals surface area contributed by atoms with Gasteiger partial charge in [0.1, 0.15) is 11.0 Å². The molecular weight excluding hydrogens is 292 g/mol. The molecule has 2 rings (SSSR count). The molecule has 0 spiro atoms. The van der Waals surface area contributed by atoms with Crippen molar-refractivity contribution in [3.63, 3.8) is 0 Å². The normalized spacial score (nSPS) is 10.4. The second kappa shape index (κ2) is 4.93. The summed E-state index contributed by atoms with van der Waals surface area (Å²) in [7, 11) is 0. The lowest BCUT2D eigenvalue weighted by molar-refractivity contribution is 0.631. The highest BCUT2D eigenvalue weighted by Gasteiger charge is 2.07. The summed E-state index contributed by atoms with van der Waals surface area (Å²) in [5, 5.41) is 1.04. The Hall–Kier alpha value is -0.930. The fourth-order valence-corrected chi connectivity index (χ4v) is 2.19. The highest BCUT2D eigenvalue weighted by atomic mass is 79.9. The molecule has 0 bridgehead atoms. The summed E-state index contributed by atoms with van der Waals surface area (Å²) in [6.07, 6.45) is 1.58. The zero-order chi connectivity index (χ0) is 11.5. The molecule has 4 heteroatoms. The fourth-order valence-electron chi connectivity index (χ4n) is 1.43. The third kappa shape index (κ3) is 2.25. The van der Waals surface area contributed by atoms with Crippen LogP contribution in [0.5, 0.6) is 0 Å². The molecule has 0 aliphatic carbocycles. The lowest BCUT2D eigenvalue weighted by atomic mass is 10.1. The molecule has 0 aliphatic rings. The number of alkyl halides is 1. The van der Waals surface area contributed by atoms with Crippen LogP contribution in [-0.4, -0.2) is 4.98 Å². The molecule has 82 valence electrons. The summed E-state index contributed by atoms with van der Waals surface area (Å²) >= 11 is 9.20. The third-order valence-electron chi connectivity index (χ3n) is 2.24. The Kier molecular flexibility index (Phi) is 3.56. The SMILES string of the molecule is Fc1ccccc1-c1cnc(Cl)c(CBr)c1. The van der Waals surface area contributed by atoms with E-state index in [1.54, 1.807) is 24.4 Å². The summed E-state index contributed by atoms with van der Waals surface area (Å²) in [5.41, 5.74) is 2.12. The van der Waals surface area contributed by atoms with E-state index in [2.05, 4.69) is 20.9 Å². The number of pyridine rings is 1. The summed E-state index contributed by atoms with van der Waals surface area (Å²) in [6, 6.07) is 8.44. The molecule has 1 heterocycles. The second-order valence-corrected chi connectivity index (χ2v) is 4.21. The smallest absolute Gasteiger partial charge is 0.133 e. The molecule has 0 N–H and O–H groups in total. The Morgan fingerprint density at radius 1 is 1.31 bits per heavy atom. The van der Waals surface area contributed by atoms with E-state index in [0.717, 1.165) is 11.1 Å². The predicted octanol–water partition coefficient (Wildman–Crippen LogP) is 4.44. The molecule has 16 heavy (non-hydrogen) atoms. The van der Waals surface area contributed by atoms with E-state index in [0.29, 0.717) is 16.0 Å². The Morgan fingerprint density at radius 2 is 2.06 bits per heavy atom. The van der Waals surface area contributed by atoms with Crippen LogP contribution in [0.25, 0.3) is 11.1 Å². The van der Waals surface area contributed by atoms with Gasteiger partial charge in [-0.1, -0.05) is 45.7 Å². The van der Waals surface area contributed by atoms with Gasteiger partial charge in [0, 0.05) is 28.2 Å². The Bertz CT molecular complexity index is 516. The van der Waals surface area contributed by atoms with Gasteiger partial charge in [-0.3, -0.25) is 0 Å². The molecule has 2 aromatic rings. The average molecular weight is 301 g/mol. The van der Waals surface area contributed by atoms with Crippen molar-refractivity contribution >= 4 is 27.5 Å². The van der Waals surface area contributed by atoms with Crippen LogP contribution in [-0.2, 0) is 5.33 Å². The lowest BCUT2D eigenvalue weighted by Gasteiger charge is -2.05. The number of aromatic nitrogens is 1. The molecule has 0 saturated carbocycles. The van der Waals surface area contributed by atoms with Crippen LogP contribution in [0.2, 0.25) is 5.15 Å². The Labute approximate surface area is 106 Å².